The average molecular weight is 315 g/mol. The number of ether oxygens (including phenoxy) is 2. The zero-order chi connectivity index (χ0) is 16.5. The highest BCUT2D eigenvalue weighted by atomic mass is 19.1. The lowest BCUT2D eigenvalue weighted by molar-refractivity contribution is -0.385. The number of benzene rings is 1. The van der Waals surface area contributed by atoms with Crippen LogP contribution < -0.4 is 5.73 Å². The van der Waals surface area contributed by atoms with Crippen LogP contribution in [0.5, 0.6) is 0 Å². The number of aliphatic imine (C=N–C) groups is 1. The van der Waals surface area contributed by atoms with Gasteiger partial charge in [-0.25, -0.2) is 13.8 Å². The number of halogens is 2. The molecule has 0 spiro atoms. The fourth-order valence-electron chi connectivity index (χ4n) is 2.62. The van der Waals surface area contributed by atoms with Crippen LogP contribution >= 0.6 is 0 Å². The normalized spacial score (nSPS) is 27.9. The van der Waals surface area contributed by atoms with Gasteiger partial charge in [-0.15, -0.1) is 0 Å². The molecule has 2 N–H and O–H groups in total. The molecule has 0 unspecified atom stereocenters. The van der Waals surface area contributed by atoms with E-state index >= 15 is 0 Å². The molecule has 0 amide bonds. The first-order chi connectivity index (χ1) is 10.3. The van der Waals surface area contributed by atoms with Gasteiger partial charge in [0.2, 0.25) is 0 Å². The molecule has 2 rings (SSSR count). The lowest BCUT2D eigenvalue weighted by Gasteiger charge is -2.40. The summed E-state index contributed by atoms with van der Waals surface area (Å²) in [5.74, 6) is -0.730. The summed E-state index contributed by atoms with van der Waals surface area (Å²) in [6, 6.07) is 2.70. The summed E-state index contributed by atoms with van der Waals surface area (Å²) < 4.78 is 37.6. The Labute approximate surface area is 124 Å². The number of alkyl halides is 1. The van der Waals surface area contributed by atoms with E-state index < -0.39 is 35.2 Å². The Morgan fingerprint density at radius 2 is 2.27 bits per heavy atom. The molecular weight excluding hydrogens is 300 g/mol. The molecule has 22 heavy (non-hydrogen) atoms. The standard InChI is InChI=1S/C13H15F2N3O4/c1-13(8-5-7(18(19)20)3-4-9(8)15)11(21-2)10(6-14)22-12(16)17-13/h3-5,10-11H,6H2,1-2H3,(H2,16,17)/t10-,11+,13-/m1/s1. The lowest BCUT2D eigenvalue weighted by atomic mass is 9.83. The highest BCUT2D eigenvalue weighted by Crippen LogP contribution is 2.39. The molecule has 1 heterocycles. The molecule has 1 aromatic carbocycles. The number of hydrogen-bond acceptors (Lipinski definition) is 6. The smallest absolute Gasteiger partial charge is 0.283 e. The number of nitro groups is 1. The van der Waals surface area contributed by atoms with Crippen LogP contribution in [0.25, 0.3) is 0 Å². The van der Waals surface area contributed by atoms with Gasteiger partial charge >= 0.3 is 0 Å². The van der Waals surface area contributed by atoms with Crippen LogP contribution in [0, 0.1) is 15.9 Å². The van der Waals surface area contributed by atoms with Crippen LogP contribution in [0.4, 0.5) is 14.5 Å². The maximum absolute atomic E-state index is 14.2. The molecule has 0 aliphatic carbocycles. The molecule has 9 heteroatoms. The summed E-state index contributed by atoms with van der Waals surface area (Å²) >= 11 is 0. The van der Waals surface area contributed by atoms with E-state index in [2.05, 4.69) is 4.99 Å². The molecular formula is C13H15F2N3O4. The molecule has 1 aliphatic rings. The summed E-state index contributed by atoms with van der Waals surface area (Å²) in [6.45, 7) is 0.530. The first-order valence-corrected chi connectivity index (χ1v) is 6.38. The molecule has 0 saturated carbocycles. The van der Waals surface area contributed by atoms with Crippen molar-refractivity contribution in [2.45, 2.75) is 24.7 Å². The zero-order valence-electron chi connectivity index (χ0n) is 12.0. The second-order valence-corrected chi connectivity index (χ2v) is 4.99. The van der Waals surface area contributed by atoms with Gasteiger partial charge in [0.05, 0.1) is 4.92 Å². The van der Waals surface area contributed by atoms with E-state index in [9.17, 15) is 18.9 Å². The van der Waals surface area contributed by atoms with E-state index in [-0.39, 0.29) is 17.3 Å². The van der Waals surface area contributed by atoms with E-state index in [1.165, 1.54) is 14.0 Å². The van der Waals surface area contributed by atoms with Gasteiger partial charge in [0.15, 0.2) is 6.10 Å². The van der Waals surface area contributed by atoms with Crippen LogP contribution in [0.15, 0.2) is 23.2 Å². The number of non-ortho nitro benzene ring substituents is 1. The molecule has 120 valence electrons. The van der Waals surface area contributed by atoms with E-state index in [1.807, 2.05) is 0 Å². The maximum Gasteiger partial charge on any atom is 0.283 e. The van der Waals surface area contributed by atoms with E-state index in [4.69, 9.17) is 15.2 Å². The lowest BCUT2D eigenvalue weighted by Crippen LogP contribution is -2.53. The van der Waals surface area contributed by atoms with Gasteiger partial charge in [-0.3, -0.25) is 10.1 Å². The second kappa shape index (κ2) is 5.84. The summed E-state index contributed by atoms with van der Waals surface area (Å²) in [6.07, 6.45) is -2.09. The Hall–Kier alpha value is -2.29. The summed E-state index contributed by atoms with van der Waals surface area (Å²) in [5, 5.41) is 10.9. The van der Waals surface area contributed by atoms with Gasteiger partial charge in [-0.05, 0) is 13.0 Å². The summed E-state index contributed by atoms with van der Waals surface area (Å²) in [7, 11) is 1.29. The number of nitro benzene ring substituents is 1. The SMILES string of the molecule is CO[C@H]1[C@@H](CF)OC(N)=N[C@]1(C)c1cc([N+](=O)[O-])ccc1F. The van der Waals surface area contributed by atoms with Crippen LogP contribution in [-0.2, 0) is 15.0 Å². The molecule has 3 atom stereocenters. The Morgan fingerprint density at radius 1 is 1.59 bits per heavy atom. The molecule has 1 aromatic rings. The highest BCUT2D eigenvalue weighted by molar-refractivity contribution is 5.73. The average Bonchev–Trinajstić information content (AvgIpc) is 2.46. The van der Waals surface area contributed by atoms with E-state index in [0.29, 0.717) is 0 Å². The maximum atomic E-state index is 14.2. The Kier molecular flexibility index (Phi) is 4.27. The van der Waals surface area contributed by atoms with Crippen molar-refractivity contribution in [3.8, 4) is 0 Å². The third-order valence-corrected chi connectivity index (χ3v) is 3.62. The molecule has 1 aliphatic heterocycles. The van der Waals surface area contributed by atoms with E-state index in [1.54, 1.807) is 0 Å². The second-order valence-electron chi connectivity index (χ2n) is 4.99. The van der Waals surface area contributed by atoms with Crippen LogP contribution in [0.3, 0.4) is 0 Å². The Balaban J connectivity index is 2.63. The van der Waals surface area contributed by atoms with Crippen molar-refractivity contribution in [1.82, 2.24) is 0 Å². The predicted molar refractivity (Wildman–Crippen MR) is 73.7 cm³/mol. The Morgan fingerprint density at radius 3 is 2.82 bits per heavy atom. The number of hydrogen-bond donors (Lipinski definition) is 1. The van der Waals surface area contributed by atoms with Crippen LogP contribution in [0.2, 0.25) is 0 Å². The fraction of sp³-hybridized carbons (Fsp3) is 0.462. The quantitative estimate of drug-likeness (QED) is 0.672. The van der Waals surface area contributed by atoms with Crippen molar-refractivity contribution in [2.24, 2.45) is 10.7 Å². The predicted octanol–water partition coefficient (Wildman–Crippen LogP) is 1.65. The first-order valence-electron chi connectivity index (χ1n) is 6.38. The van der Waals surface area contributed by atoms with E-state index in [0.717, 1.165) is 18.2 Å². The third kappa shape index (κ3) is 2.59. The summed E-state index contributed by atoms with van der Waals surface area (Å²) in [4.78, 5) is 14.2. The number of rotatable bonds is 4. The molecule has 0 radical (unpaired) electrons. The molecule has 0 saturated heterocycles. The van der Waals surface area contributed by atoms with Gasteiger partial charge in [0, 0.05) is 24.8 Å². The molecule has 7 nitrogen and oxygen atoms in total. The van der Waals surface area contributed by atoms with Crippen molar-refractivity contribution < 1.29 is 23.2 Å². The van der Waals surface area contributed by atoms with Gasteiger partial charge < -0.3 is 15.2 Å². The summed E-state index contributed by atoms with van der Waals surface area (Å²) in [5.41, 5.74) is 3.65. The largest absolute Gasteiger partial charge is 0.456 e. The minimum Gasteiger partial charge on any atom is -0.456 e. The number of nitrogens with two attached hydrogens (primary N) is 1. The minimum absolute atomic E-state index is 0.113. The molecule has 0 bridgehead atoms. The third-order valence-electron chi connectivity index (χ3n) is 3.62. The van der Waals surface area contributed by atoms with Crippen LogP contribution in [-0.4, -0.2) is 36.9 Å². The van der Waals surface area contributed by atoms with Gasteiger partial charge in [0.1, 0.15) is 24.1 Å². The highest BCUT2D eigenvalue weighted by Gasteiger charge is 2.48. The number of nitrogens with zero attached hydrogens (tertiary/aromatic N) is 2. The van der Waals surface area contributed by atoms with Crippen molar-refractivity contribution in [3.05, 3.63) is 39.7 Å². The fourth-order valence-corrected chi connectivity index (χ4v) is 2.62. The topological polar surface area (TPSA) is 100.0 Å². The molecule has 0 aromatic heterocycles. The van der Waals surface area contributed by atoms with Gasteiger partial charge in [-0.1, -0.05) is 0 Å². The van der Waals surface area contributed by atoms with Crippen molar-refractivity contribution in [1.29, 1.82) is 0 Å². The minimum atomic E-state index is -1.45. The van der Waals surface area contributed by atoms with Crippen molar-refractivity contribution in [3.63, 3.8) is 0 Å². The first kappa shape index (κ1) is 16.1. The number of amidine groups is 1. The van der Waals surface area contributed by atoms with Crippen molar-refractivity contribution >= 4 is 11.7 Å². The van der Waals surface area contributed by atoms with Gasteiger partial charge in [0.25, 0.3) is 11.7 Å². The van der Waals surface area contributed by atoms with Gasteiger partial charge in [-0.2, -0.15) is 0 Å². The number of methoxy groups -OCH3 is 1. The molecule has 0 fully saturated rings. The van der Waals surface area contributed by atoms with Crippen molar-refractivity contribution in [2.75, 3.05) is 13.8 Å². The monoisotopic (exact) mass is 315 g/mol. The zero-order valence-corrected chi connectivity index (χ0v) is 12.0. The Bertz CT molecular complexity index is 625. The van der Waals surface area contributed by atoms with Crippen LogP contribution in [0.1, 0.15) is 12.5 Å².